The molecule has 1 aromatic heterocycles. The summed E-state index contributed by atoms with van der Waals surface area (Å²) in [6.07, 6.45) is 7.28. The topological polar surface area (TPSA) is 143 Å². The zero-order valence-electron chi connectivity index (χ0n) is 21.8. The van der Waals surface area contributed by atoms with Gasteiger partial charge in [-0.2, -0.15) is 0 Å². The third-order valence-corrected chi connectivity index (χ3v) is 8.55. The molecular weight excluding hydrogens is 514 g/mol. The van der Waals surface area contributed by atoms with Crippen molar-refractivity contribution in [3.63, 3.8) is 0 Å². The van der Waals surface area contributed by atoms with E-state index in [2.05, 4.69) is 32.5 Å². The summed E-state index contributed by atoms with van der Waals surface area (Å²) >= 11 is 0. The van der Waals surface area contributed by atoms with Crippen molar-refractivity contribution in [3.8, 4) is 0 Å². The highest BCUT2D eigenvalue weighted by molar-refractivity contribution is 7.89. The predicted molar refractivity (Wildman–Crippen MR) is 149 cm³/mol. The number of aromatic nitrogens is 1. The Morgan fingerprint density at radius 2 is 1.77 bits per heavy atom. The molecular formula is C29H35N5O4S. The molecule has 3 amide bonds. The number of aryl methyl sites for hydroxylation is 1. The number of rotatable bonds is 12. The monoisotopic (exact) mass is 549 g/mol. The molecule has 4 rings (SSSR count). The van der Waals surface area contributed by atoms with Crippen LogP contribution in [0.25, 0.3) is 0 Å². The summed E-state index contributed by atoms with van der Waals surface area (Å²) in [6, 6.07) is 18.7. The first-order valence-electron chi connectivity index (χ1n) is 13.2. The number of fused-ring (bicyclic) bond motifs is 1. The van der Waals surface area contributed by atoms with Gasteiger partial charge in [-0.05, 0) is 73.4 Å². The van der Waals surface area contributed by atoms with E-state index in [1.807, 2.05) is 30.5 Å². The molecule has 0 bridgehead atoms. The van der Waals surface area contributed by atoms with Crippen LogP contribution >= 0.6 is 0 Å². The van der Waals surface area contributed by atoms with E-state index in [0.29, 0.717) is 19.3 Å². The number of amides is 3. The van der Waals surface area contributed by atoms with Gasteiger partial charge in [0.1, 0.15) is 6.04 Å². The van der Waals surface area contributed by atoms with Crippen LogP contribution in [0.5, 0.6) is 0 Å². The van der Waals surface area contributed by atoms with Crippen molar-refractivity contribution in [2.75, 3.05) is 6.54 Å². The van der Waals surface area contributed by atoms with Gasteiger partial charge in [-0.3, -0.25) is 9.78 Å². The van der Waals surface area contributed by atoms with Crippen molar-refractivity contribution in [2.24, 2.45) is 5.73 Å². The lowest BCUT2D eigenvalue weighted by Gasteiger charge is -2.35. The minimum absolute atomic E-state index is 0.0599. The quantitative estimate of drug-likeness (QED) is 0.257. The number of nitrogens with two attached hydrogens (primary N) is 1. The van der Waals surface area contributed by atoms with Gasteiger partial charge in [0.05, 0.1) is 4.90 Å². The molecule has 3 atom stereocenters. The molecule has 0 radical (unpaired) electrons. The van der Waals surface area contributed by atoms with Crippen molar-refractivity contribution in [3.05, 3.63) is 95.8 Å². The number of hydrogen-bond donors (Lipinski definition) is 4. The van der Waals surface area contributed by atoms with E-state index in [4.69, 9.17) is 5.73 Å². The number of benzene rings is 2. The first-order chi connectivity index (χ1) is 18.8. The number of unbranched alkanes of at least 4 members (excludes halogenated alkanes) is 1. The van der Waals surface area contributed by atoms with E-state index >= 15 is 0 Å². The first kappa shape index (κ1) is 28.3. The highest BCUT2D eigenvalue weighted by Gasteiger charge is 2.32. The predicted octanol–water partition coefficient (Wildman–Crippen LogP) is 3.02. The summed E-state index contributed by atoms with van der Waals surface area (Å²) in [5.41, 5.74) is 8.96. The van der Waals surface area contributed by atoms with Crippen LogP contribution in [0.4, 0.5) is 4.79 Å². The SMILES string of the molecule is NC(=O)NC(CCCCNS(=O)(=O)c1ccccc1)C(=O)NC1CCc2ccccc2C1Cc1cccnc1. The minimum Gasteiger partial charge on any atom is -0.352 e. The van der Waals surface area contributed by atoms with Crippen LogP contribution in [-0.4, -0.2) is 44.0 Å². The Morgan fingerprint density at radius 3 is 2.51 bits per heavy atom. The number of urea groups is 1. The number of nitrogens with zero attached hydrogens (tertiary/aromatic N) is 1. The molecule has 9 nitrogen and oxygen atoms in total. The third kappa shape index (κ3) is 7.87. The standard InChI is InChI=1S/C29H35N5O4S/c30-29(36)34-27(14-6-7-18-32-39(37,38)23-11-2-1-3-12-23)28(35)33-26-16-15-22-10-4-5-13-24(22)25(26)19-21-9-8-17-31-20-21/h1-5,8-13,17,20,25-27,32H,6-7,14-16,18-19H2,(H,33,35)(H3,30,34,36). The molecule has 5 N–H and O–H groups in total. The van der Waals surface area contributed by atoms with E-state index < -0.39 is 22.1 Å². The smallest absolute Gasteiger partial charge is 0.312 e. The Balaban J connectivity index is 1.37. The van der Waals surface area contributed by atoms with E-state index in [0.717, 1.165) is 24.8 Å². The van der Waals surface area contributed by atoms with Gasteiger partial charge in [-0.25, -0.2) is 17.9 Å². The number of carbonyl (C=O) groups excluding carboxylic acids is 2. The Bertz CT molecular complexity index is 1350. The number of nitrogens with one attached hydrogen (secondary N) is 3. The normalized spacial score (nSPS) is 17.5. The number of pyridine rings is 1. The fraction of sp³-hybridized carbons (Fsp3) is 0.345. The van der Waals surface area contributed by atoms with E-state index in [9.17, 15) is 18.0 Å². The van der Waals surface area contributed by atoms with Crippen LogP contribution < -0.4 is 21.1 Å². The molecule has 0 spiro atoms. The molecule has 1 aliphatic carbocycles. The van der Waals surface area contributed by atoms with Crippen LogP contribution in [0.2, 0.25) is 0 Å². The Morgan fingerprint density at radius 1 is 1.00 bits per heavy atom. The summed E-state index contributed by atoms with van der Waals surface area (Å²) in [4.78, 5) is 29.5. The second kappa shape index (κ2) is 13.3. The second-order valence-corrected chi connectivity index (χ2v) is 11.6. The lowest BCUT2D eigenvalue weighted by atomic mass is 9.76. The largest absolute Gasteiger partial charge is 0.352 e. The second-order valence-electron chi connectivity index (χ2n) is 9.79. The molecule has 206 valence electrons. The van der Waals surface area contributed by atoms with Gasteiger partial charge < -0.3 is 16.4 Å². The third-order valence-electron chi connectivity index (χ3n) is 7.07. The summed E-state index contributed by atoms with van der Waals surface area (Å²) in [7, 11) is -3.60. The van der Waals surface area contributed by atoms with Crippen LogP contribution in [0.3, 0.4) is 0 Å². The Labute approximate surface area is 229 Å². The highest BCUT2D eigenvalue weighted by Crippen LogP contribution is 2.34. The van der Waals surface area contributed by atoms with E-state index in [-0.39, 0.29) is 29.3 Å². The molecule has 0 fully saturated rings. The number of sulfonamides is 1. The maximum atomic E-state index is 13.4. The van der Waals surface area contributed by atoms with Crippen molar-refractivity contribution in [1.29, 1.82) is 0 Å². The van der Waals surface area contributed by atoms with Crippen molar-refractivity contribution >= 4 is 22.0 Å². The van der Waals surface area contributed by atoms with Crippen molar-refractivity contribution < 1.29 is 18.0 Å². The van der Waals surface area contributed by atoms with Crippen LogP contribution in [0.1, 0.15) is 48.3 Å². The van der Waals surface area contributed by atoms with Gasteiger partial charge in [-0.15, -0.1) is 0 Å². The average Bonchev–Trinajstić information content (AvgIpc) is 2.94. The first-order valence-corrected chi connectivity index (χ1v) is 14.7. The lowest BCUT2D eigenvalue weighted by Crippen LogP contribution is -2.53. The molecule has 1 aliphatic rings. The fourth-order valence-corrected chi connectivity index (χ4v) is 6.23. The maximum absolute atomic E-state index is 13.4. The summed E-state index contributed by atoms with van der Waals surface area (Å²) in [5, 5.41) is 5.75. The molecule has 0 saturated heterocycles. The molecule has 0 aliphatic heterocycles. The molecule has 0 saturated carbocycles. The summed E-state index contributed by atoms with van der Waals surface area (Å²) in [5.74, 6) is -0.232. The molecule has 39 heavy (non-hydrogen) atoms. The van der Waals surface area contributed by atoms with Crippen molar-refractivity contribution in [2.45, 2.75) is 61.4 Å². The number of primary amides is 1. The van der Waals surface area contributed by atoms with Gasteiger partial charge >= 0.3 is 6.03 Å². The average molecular weight is 550 g/mol. The van der Waals surface area contributed by atoms with Crippen molar-refractivity contribution in [1.82, 2.24) is 20.3 Å². The molecule has 3 unspecified atom stereocenters. The highest BCUT2D eigenvalue weighted by atomic mass is 32.2. The molecule has 3 aromatic rings. The molecule has 10 heteroatoms. The minimum atomic E-state index is -3.60. The van der Waals surface area contributed by atoms with Gasteiger partial charge in [-0.1, -0.05) is 48.5 Å². The van der Waals surface area contributed by atoms with Crippen LogP contribution in [0.15, 0.2) is 84.0 Å². The number of hydrogen-bond acceptors (Lipinski definition) is 5. The van der Waals surface area contributed by atoms with Gasteiger partial charge in [0.15, 0.2) is 0 Å². The Kier molecular flexibility index (Phi) is 9.67. The zero-order valence-corrected chi connectivity index (χ0v) is 22.6. The van der Waals surface area contributed by atoms with Gasteiger partial charge in [0.25, 0.3) is 0 Å². The summed E-state index contributed by atoms with van der Waals surface area (Å²) in [6.45, 7) is 0.217. The zero-order chi connectivity index (χ0) is 27.7. The summed E-state index contributed by atoms with van der Waals surface area (Å²) < 4.78 is 27.4. The van der Waals surface area contributed by atoms with Gasteiger partial charge in [0.2, 0.25) is 15.9 Å². The maximum Gasteiger partial charge on any atom is 0.312 e. The molecule has 2 aromatic carbocycles. The fourth-order valence-electron chi connectivity index (χ4n) is 5.14. The Hall–Kier alpha value is -3.76. The van der Waals surface area contributed by atoms with E-state index in [1.54, 1.807) is 24.4 Å². The van der Waals surface area contributed by atoms with E-state index in [1.165, 1.54) is 23.3 Å². The number of carbonyl (C=O) groups is 2. The molecule has 1 heterocycles. The van der Waals surface area contributed by atoms with Gasteiger partial charge in [0, 0.05) is 30.9 Å². The van der Waals surface area contributed by atoms with Crippen LogP contribution in [-0.2, 0) is 27.7 Å². The lowest BCUT2D eigenvalue weighted by molar-refractivity contribution is -0.124. The van der Waals surface area contributed by atoms with Crippen LogP contribution in [0, 0.1) is 0 Å².